The average Bonchev–Trinajstić information content (AvgIpc) is 2.04. The molecule has 80 valence electrons. The molecule has 0 rings (SSSR count). The zero-order valence-electron chi connectivity index (χ0n) is 9.08. The molecule has 0 unspecified atom stereocenters. The molecule has 0 saturated carbocycles. The molecule has 0 aromatic rings. The molecule has 0 saturated heterocycles. The second kappa shape index (κ2) is 5.61. The SMILES string of the molecule is CCCN(CC#N)CC(C)(C)C(=O)O. The number of rotatable bonds is 6. The van der Waals surface area contributed by atoms with E-state index in [4.69, 9.17) is 10.4 Å². The Morgan fingerprint density at radius 3 is 2.50 bits per heavy atom. The van der Waals surface area contributed by atoms with Crippen molar-refractivity contribution in [2.45, 2.75) is 27.2 Å². The number of hydrogen-bond donors (Lipinski definition) is 1. The van der Waals surface area contributed by atoms with Crippen LogP contribution in [0.5, 0.6) is 0 Å². The molecule has 4 heteroatoms. The van der Waals surface area contributed by atoms with Crippen molar-refractivity contribution in [1.82, 2.24) is 4.90 Å². The fourth-order valence-electron chi connectivity index (χ4n) is 1.26. The summed E-state index contributed by atoms with van der Waals surface area (Å²) in [5.74, 6) is -0.823. The highest BCUT2D eigenvalue weighted by Crippen LogP contribution is 2.17. The van der Waals surface area contributed by atoms with Gasteiger partial charge in [0, 0.05) is 6.54 Å². The maximum Gasteiger partial charge on any atom is 0.310 e. The maximum atomic E-state index is 10.9. The van der Waals surface area contributed by atoms with Gasteiger partial charge in [0.2, 0.25) is 0 Å². The summed E-state index contributed by atoms with van der Waals surface area (Å²) in [5.41, 5.74) is -0.786. The normalized spacial score (nSPS) is 11.4. The van der Waals surface area contributed by atoms with Crippen molar-refractivity contribution in [3.63, 3.8) is 0 Å². The van der Waals surface area contributed by atoms with E-state index in [-0.39, 0.29) is 0 Å². The average molecular weight is 198 g/mol. The van der Waals surface area contributed by atoms with Crippen molar-refractivity contribution >= 4 is 5.97 Å². The minimum absolute atomic E-state index is 0.296. The third-order valence-corrected chi connectivity index (χ3v) is 2.03. The summed E-state index contributed by atoms with van der Waals surface area (Å²) in [6.07, 6.45) is 0.928. The highest BCUT2D eigenvalue weighted by molar-refractivity contribution is 5.73. The van der Waals surface area contributed by atoms with Crippen molar-refractivity contribution in [2.24, 2.45) is 5.41 Å². The van der Waals surface area contributed by atoms with Gasteiger partial charge >= 0.3 is 5.97 Å². The summed E-state index contributed by atoms with van der Waals surface area (Å²) < 4.78 is 0. The third kappa shape index (κ3) is 4.24. The lowest BCUT2D eigenvalue weighted by molar-refractivity contribution is -0.147. The molecular formula is C10H18N2O2. The molecule has 0 heterocycles. The first-order valence-electron chi connectivity index (χ1n) is 4.76. The maximum absolute atomic E-state index is 10.9. The van der Waals surface area contributed by atoms with Crippen molar-refractivity contribution in [3.05, 3.63) is 0 Å². The third-order valence-electron chi connectivity index (χ3n) is 2.03. The predicted molar refractivity (Wildman–Crippen MR) is 53.8 cm³/mol. The number of nitriles is 1. The number of carboxylic acids is 1. The van der Waals surface area contributed by atoms with Gasteiger partial charge in [0.25, 0.3) is 0 Å². The topological polar surface area (TPSA) is 64.3 Å². The first-order chi connectivity index (χ1) is 6.44. The van der Waals surface area contributed by atoms with Gasteiger partial charge in [-0.3, -0.25) is 9.69 Å². The van der Waals surface area contributed by atoms with Gasteiger partial charge in [-0.05, 0) is 26.8 Å². The van der Waals surface area contributed by atoms with Crippen molar-refractivity contribution in [3.8, 4) is 6.07 Å². The molecule has 0 aromatic heterocycles. The summed E-state index contributed by atoms with van der Waals surface area (Å²) in [6.45, 7) is 6.85. The van der Waals surface area contributed by atoms with Gasteiger partial charge < -0.3 is 5.11 Å². The van der Waals surface area contributed by atoms with Gasteiger partial charge in [-0.2, -0.15) is 5.26 Å². The Morgan fingerprint density at radius 1 is 1.57 bits per heavy atom. The van der Waals surface area contributed by atoms with Crippen LogP contribution in [0.4, 0.5) is 0 Å². The fraction of sp³-hybridized carbons (Fsp3) is 0.800. The lowest BCUT2D eigenvalue weighted by atomic mass is 9.93. The molecule has 0 bridgehead atoms. The van der Waals surface area contributed by atoms with Crippen molar-refractivity contribution in [1.29, 1.82) is 5.26 Å². The molecule has 0 aromatic carbocycles. The van der Waals surface area contributed by atoms with E-state index in [0.717, 1.165) is 13.0 Å². The van der Waals surface area contributed by atoms with Gasteiger partial charge in [0.15, 0.2) is 0 Å². The number of nitrogens with zero attached hydrogens (tertiary/aromatic N) is 2. The van der Waals surface area contributed by atoms with Gasteiger partial charge in [-0.1, -0.05) is 6.92 Å². The van der Waals surface area contributed by atoms with Crippen LogP contribution in [0.2, 0.25) is 0 Å². The molecule has 14 heavy (non-hydrogen) atoms. The van der Waals surface area contributed by atoms with E-state index >= 15 is 0 Å². The van der Waals surface area contributed by atoms with Crippen LogP contribution in [0, 0.1) is 16.7 Å². The molecular weight excluding hydrogens is 180 g/mol. The monoisotopic (exact) mass is 198 g/mol. The van der Waals surface area contributed by atoms with E-state index in [1.807, 2.05) is 17.9 Å². The van der Waals surface area contributed by atoms with E-state index < -0.39 is 11.4 Å². The first-order valence-corrected chi connectivity index (χ1v) is 4.76. The van der Waals surface area contributed by atoms with Gasteiger partial charge in [-0.15, -0.1) is 0 Å². The van der Waals surface area contributed by atoms with Crippen LogP contribution in [0.15, 0.2) is 0 Å². The number of aliphatic carboxylic acids is 1. The van der Waals surface area contributed by atoms with E-state index in [0.29, 0.717) is 13.1 Å². The van der Waals surface area contributed by atoms with Crippen LogP contribution in [-0.2, 0) is 4.79 Å². The van der Waals surface area contributed by atoms with E-state index in [1.165, 1.54) is 0 Å². The standard InChI is InChI=1S/C10H18N2O2/c1-4-6-12(7-5-11)8-10(2,3)9(13)14/h4,6-8H2,1-3H3,(H,13,14). The molecule has 0 aliphatic rings. The fourth-order valence-corrected chi connectivity index (χ4v) is 1.26. The van der Waals surface area contributed by atoms with Crippen LogP contribution in [0.3, 0.4) is 0 Å². The quantitative estimate of drug-likeness (QED) is 0.654. The molecule has 0 aliphatic carbocycles. The Labute approximate surface area is 85.1 Å². The molecule has 0 aliphatic heterocycles. The smallest absolute Gasteiger partial charge is 0.310 e. The lowest BCUT2D eigenvalue weighted by Gasteiger charge is -2.27. The predicted octanol–water partition coefficient (Wildman–Crippen LogP) is 1.33. The number of hydrogen-bond acceptors (Lipinski definition) is 3. The van der Waals surface area contributed by atoms with Gasteiger partial charge in [0.05, 0.1) is 18.0 Å². The summed E-state index contributed by atoms with van der Waals surface area (Å²) in [6, 6.07) is 2.05. The number of carbonyl (C=O) groups is 1. The zero-order valence-corrected chi connectivity index (χ0v) is 9.08. The molecule has 0 atom stereocenters. The van der Waals surface area contributed by atoms with Crippen molar-refractivity contribution < 1.29 is 9.90 Å². The van der Waals surface area contributed by atoms with Crippen LogP contribution < -0.4 is 0 Å². The highest BCUT2D eigenvalue weighted by Gasteiger charge is 2.29. The summed E-state index contributed by atoms with van der Waals surface area (Å²) >= 11 is 0. The minimum atomic E-state index is -0.823. The van der Waals surface area contributed by atoms with Crippen LogP contribution in [0.25, 0.3) is 0 Å². The molecule has 1 N–H and O–H groups in total. The molecule has 4 nitrogen and oxygen atoms in total. The summed E-state index contributed by atoms with van der Waals surface area (Å²) in [4.78, 5) is 12.7. The zero-order chi connectivity index (χ0) is 11.2. The largest absolute Gasteiger partial charge is 0.481 e. The molecule has 0 amide bonds. The van der Waals surface area contributed by atoms with Gasteiger partial charge in [0.1, 0.15) is 0 Å². The second-order valence-electron chi connectivity index (χ2n) is 4.06. The first kappa shape index (κ1) is 12.9. The lowest BCUT2D eigenvalue weighted by Crippen LogP contribution is -2.39. The van der Waals surface area contributed by atoms with Gasteiger partial charge in [-0.25, -0.2) is 0 Å². The van der Waals surface area contributed by atoms with Crippen molar-refractivity contribution in [2.75, 3.05) is 19.6 Å². The summed E-state index contributed by atoms with van der Waals surface area (Å²) in [5, 5.41) is 17.5. The Bertz CT molecular complexity index is 231. The van der Waals surface area contributed by atoms with E-state index in [2.05, 4.69) is 0 Å². The van der Waals surface area contributed by atoms with Crippen LogP contribution in [0.1, 0.15) is 27.2 Å². The second-order valence-corrected chi connectivity index (χ2v) is 4.06. The Morgan fingerprint density at radius 2 is 2.14 bits per heavy atom. The Kier molecular flexibility index (Phi) is 5.18. The van der Waals surface area contributed by atoms with Crippen LogP contribution in [-0.4, -0.2) is 35.6 Å². The van der Waals surface area contributed by atoms with E-state index in [9.17, 15) is 4.79 Å². The molecule has 0 fully saturated rings. The Hall–Kier alpha value is -1.08. The van der Waals surface area contributed by atoms with Crippen LogP contribution >= 0.6 is 0 Å². The number of carboxylic acid groups (broad SMARTS) is 1. The Balaban J connectivity index is 4.28. The summed E-state index contributed by atoms with van der Waals surface area (Å²) in [7, 11) is 0. The minimum Gasteiger partial charge on any atom is -0.481 e. The highest BCUT2D eigenvalue weighted by atomic mass is 16.4. The van der Waals surface area contributed by atoms with E-state index in [1.54, 1.807) is 13.8 Å². The molecule has 0 radical (unpaired) electrons. The molecule has 0 spiro atoms.